The third-order valence-corrected chi connectivity index (χ3v) is 10.1. The van der Waals surface area contributed by atoms with Crippen molar-refractivity contribution < 1.29 is 67.9 Å². The molecule has 0 amide bonds. The minimum Gasteiger partial charge on any atom is -0.547 e. The number of carboxylic acid groups (broad SMARTS) is 2. The molecule has 300 valence electrons. The van der Waals surface area contributed by atoms with Crippen molar-refractivity contribution in [3.05, 3.63) is 47.5 Å². The van der Waals surface area contributed by atoms with Gasteiger partial charge in [0.25, 0.3) is 0 Å². The van der Waals surface area contributed by atoms with Crippen LogP contribution in [0.5, 0.6) is 23.0 Å². The molecule has 0 unspecified atom stereocenters. The minimum absolute atomic E-state index is 0. The molecule has 0 radical (unpaired) electrons. The van der Waals surface area contributed by atoms with Gasteiger partial charge >= 0.3 is 23.1 Å². The fourth-order valence-electron chi connectivity index (χ4n) is 4.41. The molecule has 16 nitrogen and oxygen atoms in total. The van der Waals surface area contributed by atoms with Crippen molar-refractivity contribution >= 4 is 68.6 Å². The standard InChI is InChI=1S/2C18H25NO7S.Mg/c2*1-18(17(21)22)12-27-16(19-18)14-4-3-13(11-15(14)20)26-10-9-25-8-7-24-6-5-23-2;/h2*3-4,11,20H,5-10,12H2,1-2H3,(H,21,22);/q;;+2/p-2/t2*18-;/m11./s1. The van der Waals surface area contributed by atoms with E-state index in [1.807, 2.05) is 0 Å². The van der Waals surface area contributed by atoms with E-state index >= 15 is 0 Å². The second-order valence-corrected chi connectivity index (χ2v) is 14.0. The molecular formula is C36H48MgN2O14S2. The number of hydrogen-bond acceptors (Lipinski definition) is 18. The van der Waals surface area contributed by atoms with Gasteiger partial charge in [0.15, 0.2) is 0 Å². The summed E-state index contributed by atoms with van der Waals surface area (Å²) in [6, 6.07) is 9.65. The van der Waals surface area contributed by atoms with Gasteiger partial charge in [-0.1, -0.05) is 0 Å². The summed E-state index contributed by atoms with van der Waals surface area (Å²) in [5.41, 5.74) is -1.60. The number of thioether (sulfide) groups is 2. The van der Waals surface area contributed by atoms with Gasteiger partial charge in [-0.25, -0.2) is 0 Å². The number of carbonyl (C=O) groups is 2. The van der Waals surface area contributed by atoms with E-state index in [0.29, 0.717) is 112 Å². The second-order valence-electron chi connectivity index (χ2n) is 12.0. The maximum Gasteiger partial charge on any atom is 2.00 e. The van der Waals surface area contributed by atoms with Crippen molar-refractivity contribution in [2.24, 2.45) is 9.98 Å². The zero-order valence-corrected chi connectivity index (χ0v) is 34.6. The fourth-order valence-corrected chi connectivity index (χ4v) is 6.80. The molecule has 19 heteroatoms. The maximum atomic E-state index is 11.2. The minimum atomic E-state index is -1.27. The number of methoxy groups -OCH3 is 2. The number of carboxylic acids is 2. The molecule has 2 aliphatic rings. The summed E-state index contributed by atoms with van der Waals surface area (Å²) < 4.78 is 42.1. The van der Waals surface area contributed by atoms with E-state index < -0.39 is 23.0 Å². The van der Waals surface area contributed by atoms with Crippen LogP contribution in [0.25, 0.3) is 0 Å². The average Bonchev–Trinajstić information content (AvgIpc) is 3.75. The topological polar surface area (TPSA) is 219 Å². The van der Waals surface area contributed by atoms with Gasteiger partial charge in [0, 0.05) is 49.0 Å². The molecule has 0 saturated heterocycles. The Balaban J connectivity index is 0.000000373. The molecule has 2 aromatic rings. The number of nitrogens with zero attached hydrogens (tertiary/aromatic N) is 2. The van der Waals surface area contributed by atoms with Crippen LogP contribution in [0.1, 0.15) is 25.0 Å². The summed E-state index contributed by atoms with van der Waals surface area (Å²) in [6.45, 7) is 8.53. The molecule has 2 N–H and O–H groups in total. The third kappa shape index (κ3) is 16.3. The van der Waals surface area contributed by atoms with Crippen LogP contribution in [0.4, 0.5) is 0 Å². The Kier molecular flexibility index (Phi) is 22.3. The third-order valence-electron chi connectivity index (χ3n) is 7.56. The number of aliphatic carboxylic acids is 2. The van der Waals surface area contributed by atoms with E-state index in [2.05, 4.69) is 9.98 Å². The number of aromatic hydroxyl groups is 2. The van der Waals surface area contributed by atoms with Crippen molar-refractivity contribution in [2.75, 3.05) is 105 Å². The van der Waals surface area contributed by atoms with E-state index in [0.717, 1.165) is 0 Å². The predicted octanol–water partition coefficient (Wildman–Crippen LogP) is 0.524. The van der Waals surface area contributed by atoms with Crippen molar-refractivity contribution in [2.45, 2.75) is 24.9 Å². The molecule has 4 rings (SSSR count). The van der Waals surface area contributed by atoms with Crippen LogP contribution in [0.3, 0.4) is 0 Å². The molecule has 2 atom stereocenters. The molecule has 0 aliphatic carbocycles. The van der Waals surface area contributed by atoms with Crippen LogP contribution in [0.15, 0.2) is 46.4 Å². The number of benzene rings is 2. The van der Waals surface area contributed by atoms with Crippen LogP contribution < -0.4 is 19.7 Å². The van der Waals surface area contributed by atoms with Crippen LogP contribution in [-0.4, -0.2) is 171 Å². The summed E-state index contributed by atoms with van der Waals surface area (Å²) in [7, 11) is 3.23. The van der Waals surface area contributed by atoms with Crippen LogP contribution >= 0.6 is 23.5 Å². The van der Waals surface area contributed by atoms with Crippen molar-refractivity contribution in [3.8, 4) is 23.0 Å². The molecule has 55 heavy (non-hydrogen) atoms. The van der Waals surface area contributed by atoms with Gasteiger partial charge < -0.3 is 67.9 Å². The largest absolute Gasteiger partial charge is 2.00 e. The number of hydrogen-bond donors (Lipinski definition) is 2. The Morgan fingerprint density at radius 2 is 0.945 bits per heavy atom. The first-order chi connectivity index (χ1) is 25.9. The SMILES string of the molecule is COCCOCCOCCOc1ccc(C2=N[C@@](C)(C(=O)[O-])CS2)c(O)c1.COCCOCCOCCOc1ccc(C2=N[C@@](C)(C(=O)[O-])CS2)c(O)c1.[Mg+2]. The Morgan fingerprint density at radius 1 is 0.618 bits per heavy atom. The van der Waals surface area contributed by atoms with Gasteiger partial charge in [-0.3, -0.25) is 9.98 Å². The van der Waals surface area contributed by atoms with Crippen LogP contribution in [0, 0.1) is 0 Å². The summed E-state index contributed by atoms with van der Waals surface area (Å²) in [4.78, 5) is 30.7. The van der Waals surface area contributed by atoms with Gasteiger partial charge in [-0.2, -0.15) is 0 Å². The number of phenols is 2. The van der Waals surface area contributed by atoms with Crippen molar-refractivity contribution in [3.63, 3.8) is 0 Å². The predicted molar refractivity (Wildman–Crippen MR) is 205 cm³/mol. The van der Waals surface area contributed by atoms with E-state index in [1.54, 1.807) is 38.5 Å². The van der Waals surface area contributed by atoms with E-state index in [9.17, 15) is 30.0 Å². The van der Waals surface area contributed by atoms with E-state index in [4.69, 9.17) is 37.9 Å². The summed E-state index contributed by atoms with van der Waals surface area (Å²) in [5.74, 6) is -0.973. The summed E-state index contributed by atoms with van der Waals surface area (Å²) >= 11 is 2.55. The van der Waals surface area contributed by atoms with Gasteiger partial charge in [0.1, 0.15) is 57.4 Å². The fraction of sp³-hybridized carbons (Fsp3) is 0.556. The summed E-state index contributed by atoms with van der Waals surface area (Å²) in [5, 5.41) is 43.7. The van der Waals surface area contributed by atoms with Crippen LogP contribution in [0.2, 0.25) is 0 Å². The first-order valence-electron chi connectivity index (χ1n) is 17.0. The van der Waals surface area contributed by atoms with Crippen LogP contribution in [-0.2, 0) is 38.0 Å². The van der Waals surface area contributed by atoms with E-state index in [-0.39, 0.29) is 46.1 Å². The number of ether oxygens (including phenoxy) is 8. The number of carbonyl (C=O) groups excluding carboxylic acids is 2. The van der Waals surface area contributed by atoms with Gasteiger partial charge in [-0.15, -0.1) is 23.5 Å². The quantitative estimate of drug-likeness (QED) is 0.109. The Bertz CT molecular complexity index is 1450. The summed E-state index contributed by atoms with van der Waals surface area (Å²) in [6.07, 6.45) is 0. The number of phenolic OH excluding ortho intramolecular Hbond substituents is 2. The second kappa shape index (κ2) is 25.4. The number of rotatable bonds is 24. The first-order valence-corrected chi connectivity index (χ1v) is 19.0. The molecule has 0 fully saturated rings. The van der Waals surface area contributed by atoms with Gasteiger partial charge in [-0.05, 0) is 38.1 Å². The maximum absolute atomic E-state index is 11.2. The Morgan fingerprint density at radius 3 is 1.24 bits per heavy atom. The molecule has 0 aromatic heterocycles. The molecule has 2 aromatic carbocycles. The number of aliphatic imine (C=N–C) groups is 2. The molecule has 0 bridgehead atoms. The molecule has 2 aliphatic heterocycles. The molecule has 2 heterocycles. The van der Waals surface area contributed by atoms with Crippen molar-refractivity contribution in [1.29, 1.82) is 0 Å². The Hall–Kier alpha value is -2.85. The van der Waals surface area contributed by atoms with Gasteiger partial charge in [0.05, 0.1) is 78.0 Å². The average molecular weight is 821 g/mol. The van der Waals surface area contributed by atoms with E-state index in [1.165, 1.54) is 49.5 Å². The Labute approximate surface area is 345 Å². The molecule has 0 saturated carbocycles. The normalized spacial score (nSPS) is 18.8. The van der Waals surface area contributed by atoms with Gasteiger partial charge in [0.2, 0.25) is 0 Å². The zero-order valence-electron chi connectivity index (χ0n) is 31.6. The smallest absolute Gasteiger partial charge is 0.547 e. The zero-order chi connectivity index (χ0) is 39.4. The monoisotopic (exact) mass is 820 g/mol. The molecule has 0 spiro atoms. The first kappa shape index (κ1) is 48.3. The van der Waals surface area contributed by atoms with Crippen molar-refractivity contribution in [1.82, 2.24) is 0 Å². The molecular weight excluding hydrogens is 773 g/mol.